The van der Waals surface area contributed by atoms with Crippen LogP contribution in [0.5, 0.6) is 5.75 Å². The molecule has 0 unspecified atom stereocenters. The SMILES string of the molecule is CC[C@@H](C)NCCOc1ccc(Br)cc1C. The van der Waals surface area contributed by atoms with E-state index in [1.54, 1.807) is 0 Å². The van der Waals surface area contributed by atoms with Crippen LogP contribution in [-0.2, 0) is 0 Å². The minimum Gasteiger partial charge on any atom is -0.492 e. The first-order valence-corrected chi connectivity index (χ1v) is 6.55. The van der Waals surface area contributed by atoms with Gasteiger partial charge >= 0.3 is 0 Å². The second-order valence-electron chi connectivity index (χ2n) is 4.02. The standard InChI is InChI=1S/C13H20BrNO/c1-4-11(3)15-7-8-16-13-6-5-12(14)9-10(13)2/h5-6,9,11,15H,4,7-8H2,1-3H3/t11-/m1/s1. The van der Waals surface area contributed by atoms with Gasteiger partial charge in [0.05, 0.1) is 0 Å². The van der Waals surface area contributed by atoms with Crippen LogP contribution in [0, 0.1) is 6.92 Å². The monoisotopic (exact) mass is 285 g/mol. The van der Waals surface area contributed by atoms with Crippen molar-refractivity contribution >= 4 is 15.9 Å². The zero-order valence-corrected chi connectivity index (χ0v) is 11.8. The fraction of sp³-hybridized carbons (Fsp3) is 0.538. The van der Waals surface area contributed by atoms with Gasteiger partial charge in [0.2, 0.25) is 0 Å². The summed E-state index contributed by atoms with van der Waals surface area (Å²) in [6.07, 6.45) is 1.15. The molecule has 0 radical (unpaired) electrons. The first kappa shape index (κ1) is 13.5. The molecule has 0 heterocycles. The molecule has 1 aromatic carbocycles. The van der Waals surface area contributed by atoms with E-state index >= 15 is 0 Å². The Kier molecular flexibility index (Phi) is 5.85. The zero-order valence-electron chi connectivity index (χ0n) is 10.2. The largest absolute Gasteiger partial charge is 0.492 e. The van der Waals surface area contributed by atoms with Gasteiger partial charge < -0.3 is 10.1 Å². The summed E-state index contributed by atoms with van der Waals surface area (Å²) < 4.78 is 6.80. The highest BCUT2D eigenvalue weighted by atomic mass is 79.9. The number of nitrogens with one attached hydrogen (secondary N) is 1. The van der Waals surface area contributed by atoms with Crippen LogP contribution in [0.4, 0.5) is 0 Å². The van der Waals surface area contributed by atoms with Crippen molar-refractivity contribution in [3.8, 4) is 5.75 Å². The van der Waals surface area contributed by atoms with Crippen molar-refractivity contribution < 1.29 is 4.74 Å². The first-order chi connectivity index (χ1) is 7.63. The molecule has 90 valence electrons. The smallest absolute Gasteiger partial charge is 0.122 e. The third-order valence-corrected chi connectivity index (χ3v) is 3.10. The number of hydrogen-bond acceptors (Lipinski definition) is 2. The molecule has 0 saturated carbocycles. The van der Waals surface area contributed by atoms with Crippen molar-refractivity contribution in [2.24, 2.45) is 0 Å². The summed E-state index contributed by atoms with van der Waals surface area (Å²) in [5, 5.41) is 3.40. The Balaban J connectivity index is 2.32. The van der Waals surface area contributed by atoms with Gasteiger partial charge in [-0.3, -0.25) is 0 Å². The number of halogens is 1. The maximum atomic E-state index is 5.70. The fourth-order valence-corrected chi connectivity index (χ4v) is 1.86. The Morgan fingerprint density at radius 1 is 1.44 bits per heavy atom. The van der Waals surface area contributed by atoms with Crippen molar-refractivity contribution in [1.29, 1.82) is 0 Å². The maximum absolute atomic E-state index is 5.70. The lowest BCUT2D eigenvalue weighted by molar-refractivity contribution is 0.304. The normalized spacial score (nSPS) is 12.5. The lowest BCUT2D eigenvalue weighted by atomic mass is 10.2. The topological polar surface area (TPSA) is 21.3 Å². The molecule has 3 heteroatoms. The van der Waals surface area contributed by atoms with Gasteiger partial charge in [0.1, 0.15) is 12.4 Å². The van der Waals surface area contributed by atoms with Gasteiger partial charge in [-0.15, -0.1) is 0 Å². The van der Waals surface area contributed by atoms with Crippen molar-refractivity contribution in [2.75, 3.05) is 13.2 Å². The van der Waals surface area contributed by atoms with Crippen LogP contribution in [0.2, 0.25) is 0 Å². The van der Waals surface area contributed by atoms with E-state index in [-0.39, 0.29) is 0 Å². The summed E-state index contributed by atoms with van der Waals surface area (Å²) in [4.78, 5) is 0. The predicted octanol–water partition coefficient (Wildman–Crippen LogP) is 3.52. The minimum absolute atomic E-state index is 0.564. The number of rotatable bonds is 6. The molecule has 0 aliphatic rings. The van der Waals surface area contributed by atoms with E-state index in [4.69, 9.17) is 4.74 Å². The van der Waals surface area contributed by atoms with Gasteiger partial charge in [-0.05, 0) is 44.0 Å². The van der Waals surface area contributed by atoms with E-state index in [0.717, 1.165) is 28.8 Å². The minimum atomic E-state index is 0.564. The molecule has 16 heavy (non-hydrogen) atoms. The molecule has 2 nitrogen and oxygen atoms in total. The fourth-order valence-electron chi connectivity index (χ4n) is 1.39. The molecule has 0 aromatic heterocycles. The molecule has 0 spiro atoms. The summed E-state index contributed by atoms with van der Waals surface area (Å²) in [5.74, 6) is 0.967. The third-order valence-electron chi connectivity index (χ3n) is 2.60. The molecule has 1 atom stereocenters. The van der Waals surface area contributed by atoms with Crippen LogP contribution in [0.1, 0.15) is 25.8 Å². The number of benzene rings is 1. The summed E-state index contributed by atoms with van der Waals surface area (Å²) in [7, 11) is 0. The highest BCUT2D eigenvalue weighted by molar-refractivity contribution is 9.10. The quantitative estimate of drug-likeness (QED) is 0.808. The molecule has 1 rings (SSSR count). The Morgan fingerprint density at radius 3 is 2.81 bits per heavy atom. The summed E-state index contributed by atoms with van der Waals surface area (Å²) in [6.45, 7) is 8.03. The second kappa shape index (κ2) is 6.92. The third kappa shape index (κ3) is 4.54. The van der Waals surface area contributed by atoms with E-state index in [9.17, 15) is 0 Å². The lowest BCUT2D eigenvalue weighted by Gasteiger charge is -2.13. The molecule has 0 aliphatic carbocycles. The van der Waals surface area contributed by atoms with Crippen LogP contribution in [-0.4, -0.2) is 19.2 Å². The molecular formula is C13H20BrNO. The van der Waals surface area contributed by atoms with Crippen molar-refractivity contribution in [1.82, 2.24) is 5.32 Å². The summed E-state index contributed by atoms with van der Waals surface area (Å²) in [6, 6.07) is 6.64. The Hall–Kier alpha value is -0.540. The Morgan fingerprint density at radius 2 is 2.19 bits per heavy atom. The van der Waals surface area contributed by atoms with Crippen LogP contribution in [0.15, 0.2) is 22.7 Å². The van der Waals surface area contributed by atoms with Crippen molar-refractivity contribution in [2.45, 2.75) is 33.2 Å². The van der Waals surface area contributed by atoms with E-state index in [2.05, 4.69) is 48.1 Å². The van der Waals surface area contributed by atoms with Gasteiger partial charge in [0, 0.05) is 17.1 Å². The van der Waals surface area contributed by atoms with Crippen LogP contribution < -0.4 is 10.1 Å². The maximum Gasteiger partial charge on any atom is 0.122 e. The summed E-state index contributed by atoms with van der Waals surface area (Å²) in [5.41, 5.74) is 1.16. The Labute approximate surface area is 107 Å². The van der Waals surface area contributed by atoms with E-state index in [1.165, 1.54) is 0 Å². The molecule has 0 aliphatic heterocycles. The van der Waals surface area contributed by atoms with Crippen LogP contribution in [0.3, 0.4) is 0 Å². The number of aryl methyl sites for hydroxylation is 1. The summed E-state index contributed by atoms with van der Waals surface area (Å²) >= 11 is 3.44. The van der Waals surface area contributed by atoms with Gasteiger partial charge in [0.15, 0.2) is 0 Å². The molecular weight excluding hydrogens is 266 g/mol. The molecule has 1 aromatic rings. The lowest BCUT2D eigenvalue weighted by Crippen LogP contribution is -2.29. The highest BCUT2D eigenvalue weighted by Gasteiger charge is 2.00. The number of hydrogen-bond donors (Lipinski definition) is 1. The molecule has 0 saturated heterocycles. The van der Waals surface area contributed by atoms with Gasteiger partial charge in [-0.1, -0.05) is 22.9 Å². The first-order valence-electron chi connectivity index (χ1n) is 5.75. The van der Waals surface area contributed by atoms with Gasteiger partial charge in [-0.2, -0.15) is 0 Å². The van der Waals surface area contributed by atoms with Gasteiger partial charge in [-0.25, -0.2) is 0 Å². The van der Waals surface area contributed by atoms with E-state index in [0.29, 0.717) is 12.6 Å². The predicted molar refractivity (Wildman–Crippen MR) is 72.1 cm³/mol. The molecule has 1 N–H and O–H groups in total. The zero-order chi connectivity index (χ0) is 12.0. The van der Waals surface area contributed by atoms with E-state index in [1.807, 2.05) is 12.1 Å². The second-order valence-corrected chi connectivity index (χ2v) is 4.94. The average Bonchev–Trinajstić information content (AvgIpc) is 2.26. The molecule has 0 bridgehead atoms. The van der Waals surface area contributed by atoms with Crippen molar-refractivity contribution in [3.05, 3.63) is 28.2 Å². The van der Waals surface area contributed by atoms with Crippen LogP contribution in [0.25, 0.3) is 0 Å². The Bertz CT molecular complexity index is 328. The van der Waals surface area contributed by atoms with Crippen LogP contribution >= 0.6 is 15.9 Å². The van der Waals surface area contributed by atoms with Crippen molar-refractivity contribution in [3.63, 3.8) is 0 Å². The average molecular weight is 286 g/mol. The molecule has 0 amide bonds. The molecule has 0 fully saturated rings. The van der Waals surface area contributed by atoms with E-state index < -0.39 is 0 Å². The highest BCUT2D eigenvalue weighted by Crippen LogP contribution is 2.21. The van der Waals surface area contributed by atoms with Gasteiger partial charge in [0.25, 0.3) is 0 Å². The number of ether oxygens (including phenoxy) is 1.